The normalized spacial score (nSPS) is 32.5. The maximum Gasteiger partial charge on any atom is 0.264 e. The molecule has 2 N–H and O–H groups in total. The molecule has 0 aromatic heterocycles. The third-order valence-corrected chi connectivity index (χ3v) is 11.0. The van der Waals surface area contributed by atoms with Crippen molar-refractivity contribution in [2.75, 3.05) is 30.3 Å². The number of aliphatic hydroxyl groups excluding tert-OH is 1. The van der Waals surface area contributed by atoms with E-state index in [-0.39, 0.29) is 28.6 Å². The van der Waals surface area contributed by atoms with Crippen LogP contribution in [-0.4, -0.2) is 51.0 Å². The predicted octanol–water partition coefficient (Wildman–Crippen LogP) is 4.86. The predicted molar refractivity (Wildman–Crippen MR) is 157 cm³/mol. The molecule has 0 radical (unpaired) electrons. The first kappa shape index (κ1) is 27.6. The Hall–Kier alpha value is -2.55. The summed E-state index contributed by atoms with van der Waals surface area (Å²) in [5, 5.41) is 11.8. The quantitative estimate of drug-likeness (QED) is 0.430. The molecular weight excluding hydrogens is 548 g/mol. The molecule has 214 valence electrons. The van der Waals surface area contributed by atoms with E-state index in [4.69, 9.17) is 16.3 Å². The summed E-state index contributed by atoms with van der Waals surface area (Å²) >= 11 is 6.37. The van der Waals surface area contributed by atoms with E-state index >= 15 is 0 Å². The largest absolute Gasteiger partial charge is 0.490 e. The first-order chi connectivity index (χ1) is 19.1. The van der Waals surface area contributed by atoms with Gasteiger partial charge in [-0.1, -0.05) is 36.7 Å². The summed E-state index contributed by atoms with van der Waals surface area (Å²) in [4.78, 5) is 15.5. The number of carbonyl (C=O) groups excluding carboxylic acids is 1. The molecule has 2 aliphatic heterocycles. The fourth-order valence-electron chi connectivity index (χ4n) is 7.09. The van der Waals surface area contributed by atoms with Gasteiger partial charge >= 0.3 is 0 Å². The highest BCUT2D eigenvalue weighted by molar-refractivity contribution is 7.90. The van der Waals surface area contributed by atoms with E-state index in [0.29, 0.717) is 31.2 Å². The molecule has 1 fully saturated rings. The number of amides is 1. The molecule has 2 aliphatic carbocycles. The molecule has 6 rings (SSSR count). The van der Waals surface area contributed by atoms with Crippen LogP contribution in [0.2, 0.25) is 5.02 Å². The molecule has 5 atom stereocenters. The summed E-state index contributed by atoms with van der Waals surface area (Å²) in [5.41, 5.74) is 3.34. The van der Waals surface area contributed by atoms with Crippen LogP contribution < -0.4 is 14.4 Å². The second kappa shape index (κ2) is 10.7. The zero-order valence-corrected chi connectivity index (χ0v) is 24.4. The van der Waals surface area contributed by atoms with Crippen molar-refractivity contribution in [3.05, 3.63) is 70.3 Å². The van der Waals surface area contributed by atoms with Gasteiger partial charge in [0.15, 0.2) is 0 Å². The number of sulfonamides is 1. The fourth-order valence-corrected chi connectivity index (χ4v) is 8.65. The molecule has 7 nitrogen and oxygen atoms in total. The molecule has 0 unspecified atom stereocenters. The van der Waals surface area contributed by atoms with Crippen molar-refractivity contribution in [1.29, 1.82) is 0 Å². The molecule has 1 amide bonds. The van der Waals surface area contributed by atoms with Gasteiger partial charge in [-0.15, -0.1) is 0 Å². The lowest BCUT2D eigenvalue weighted by Gasteiger charge is -2.45. The van der Waals surface area contributed by atoms with Crippen molar-refractivity contribution in [3.8, 4) is 5.75 Å². The van der Waals surface area contributed by atoms with Crippen LogP contribution in [0.1, 0.15) is 60.5 Å². The Labute approximate surface area is 241 Å². The minimum atomic E-state index is -3.83. The second-order valence-corrected chi connectivity index (χ2v) is 14.5. The topological polar surface area (TPSA) is 95.9 Å². The van der Waals surface area contributed by atoms with Crippen molar-refractivity contribution in [3.63, 3.8) is 0 Å². The third kappa shape index (κ3) is 5.38. The van der Waals surface area contributed by atoms with E-state index in [1.807, 2.05) is 25.1 Å². The number of allylic oxidation sites excluding steroid dienone is 1. The van der Waals surface area contributed by atoms with Crippen molar-refractivity contribution in [2.24, 2.45) is 17.8 Å². The van der Waals surface area contributed by atoms with Crippen molar-refractivity contribution >= 4 is 33.2 Å². The first-order valence-corrected chi connectivity index (χ1v) is 16.4. The number of aliphatic hydroxyl groups is 1. The summed E-state index contributed by atoms with van der Waals surface area (Å²) < 4.78 is 34.4. The molecule has 2 aromatic carbocycles. The van der Waals surface area contributed by atoms with Gasteiger partial charge in [0, 0.05) is 29.1 Å². The zero-order valence-electron chi connectivity index (χ0n) is 22.8. The van der Waals surface area contributed by atoms with Crippen molar-refractivity contribution in [1.82, 2.24) is 4.72 Å². The molecule has 9 heteroatoms. The Morgan fingerprint density at radius 2 is 2.02 bits per heavy atom. The SMILES string of the molecule is C[C@H]1C/C=C\[C@H](O)[C@@H]2CC[C@H]2CN2C[C@@]3(CCCc4cc(Cl)ccc43)COc3ccc(cc32)C(=O)NS(=O)(=O)C1. The van der Waals surface area contributed by atoms with Crippen LogP contribution in [0.4, 0.5) is 5.69 Å². The van der Waals surface area contributed by atoms with Crippen molar-refractivity contribution in [2.45, 2.75) is 57.0 Å². The fraction of sp³-hybridized carbons (Fsp3) is 0.516. The highest BCUT2D eigenvalue weighted by Gasteiger charge is 2.44. The lowest BCUT2D eigenvalue weighted by Crippen LogP contribution is -2.49. The molecule has 1 saturated carbocycles. The third-order valence-electron chi connectivity index (χ3n) is 9.29. The number of nitrogens with zero attached hydrogens (tertiary/aromatic N) is 1. The monoisotopic (exact) mass is 584 g/mol. The number of aryl methyl sites for hydroxylation is 1. The van der Waals surface area contributed by atoms with Gasteiger partial charge < -0.3 is 14.7 Å². The van der Waals surface area contributed by atoms with Crippen LogP contribution in [0.15, 0.2) is 48.6 Å². The van der Waals surface area contributed by atoms with Gasteiger partial charge in [-0.25, -0.2) is 13.1 Å². The molecular formula is C31H37ClN2O5S. The van der Waals surface area contributed by atoms with Crippen LogP contribution in [0, 0.1) is 17.8 Å². The number of carbonyl (C=O) groups is 1. The van der Waals surface area contributed by atoms with Gasteiger partial charge in [0.05, 0.1) is 24.2 Å². The maximum atomic E-state index is 13.2. The number of hydrogen-bond acceptors (Lipinski definition) is 6. The number of anilines is 1. The van der Waals surface area contributed by atoms with E-state index in [0.717, 1.165) is 49.4 Å². The molecule has 2 aromatic rings. The van der Waals surface area contributed by atoms with Gasteiger partial charge in [-0.3, -0.25) is 4.79 Å². The van der Waals surface area contributed by atoms with E-state index < -0.39 is 22.0 Å². The Balaban J connectivity index is 1.42. The van der Waals surface area contributed by atoms with Gasteiger partial charge in [0.1, 0.15) is 5.75 Å². The number of halogens is 1. The van der Waals surface area contributed by atoms with Gasteiger partial charge in [-0.05, 0) is 97.7 Å². The lowest BCUT2D eigenvalue weighted by atomic mass is 9.68. The molecule has 2 heterocycles. The first-order valence-electron chi connectivity index (χ1n) is 14.3. The van der Waals surface area contributed by atoms with E-state index in [1.165, 1.54) is 11.1 Å². The number of rotatable bonds is 0. The number of fused-ring (bicyclic) bond motifs is 4. The summed E-state index contributed by atoms with van der Waals surface area (Å²) in [6.45, 7) is 3.75. The standard InChI is InChI=1S/C31H37ClN2O5S/c1-20-4-2-6-28(35)25-10-7-23(25)16-34-18-31(13-3-5-21-14-24(32)9-11-26(21)31)19-39-29-12-8-22(15-27(29)34)30(36)33-40(37,38)17-20/h2,6,8-9,11-12,14-15,20,23,25,28,35H,3-5,7,10,13,16-19H2,1H3,(H,33,36)/b6-2-/t20-,23-,25+,28-,31-/m0/s1. The average molecular weight is 585 g/mol. The van der Waals surface area contributed by atoms with E-state index in [9.17, 15) is 18.3 Å². The number of hydrogen-bond donors (Lipinski definition) is 2. The Morgan fingerprint density at radius 3 is 2.83 bits per heavy atom. The summed E-state index contributed by atoms with van der Waals surface area (Å²) in [6, 6.07) is 11.4. The Morgan fingerprint density at radius 1 is 1.18 bits per heavy atom. The van der Waals surface area contributed by atoms with Gasteiger partial charge in [-0.2, -0.15) is 0 Å². The zero-order chi connectivity index (χ0) is 28.1. The Bertz CT molecular complexity index is 1440. The highest BCUT2D eigenvalue weighted by atomic mass is 35.5. The molecule has 2 bridgehead atoms. The van der Waals surface area contributed by atoms with Crippen LogP contribution in [0.25, 0.3) is 0 Å². The minimum absolute atomic E-state index is 0.135. The van der Waals surface area contributed by atoms with Crippen LogP contribution >= 0.6 is 11.6 Å². The maximum absolute atomic E-state index is 13.2. The van der Waals surface area contributed by atoms with Crippen molar-refractivity contribution < 1.29 is 23.1 Å². The number of nitrogens with one attached hydrogen (secondary N) is 1. The Kier molecular flexibility index (Phi) is 7.38. The van der Waals surface area contributed by atoms with Gasteiger partial charge in [0.2, 0.25) is 10.0 Å². The van der Waals surface area contributed by atoms with E-state index in [2.05, 4.69) is 21.8 Å². The van der Waals surface area contributed by atoms with Crippen LogP contribution in [0.5, 0.6) is 5.75 Å². The number of ether oxygens (including phenoxy) is 1. The number of benzene rings is 2. The minimum Gasteiger partial charge on any atom is -0.490 e. The summed E-state index contributed by atoms with van der Waals surface area (Å²) in [7, 11) is -3.83. The highest BCUT2D eigenvalue weighted by Crippen LogP contribution is 2.46. The van der Waals surface area contributed by atoms with Gasteiger partial charge in [0.25, 0.3) is 5.91 Å². The average Bonchev–Trinajstić information content (AvgIpc) is 3.02. The lowest BCUT2D eigenvalue weighted by molar-refractivity contribution is 0.0456. The van der Waals surface area contributed by atoms with Crippen LogP contribution in [0.3, 0.4) is 0 Å². The van der Waals surface area contributed by atoms with Crippen LogP contribution in [-0.2, 0) is 21.9 Å². The smallest absolute Gasteiger partial charge is 0.264 e. The molecule has 1 spiro atoms. The second-order valence-electron chi connectivity index (χ2n) is 12.3. The van der Waals surface area contributed by atoms with E-state index in [1.54, 1.807) is 18.2 Å². The molecule has 0 saturated heterocycles. The molecule has 40 heavy (non-hydrogen) atoms. The summed E-state index contributed by atoms with van der Waals surface area (Å²) in [5.74, 6) is 0.112. The summed E-state index contributed by atoms with van der Waals surface area (Å²) in [6.07, 6.45) is 8.59. The molecule has 4 aliphatic rings.